The second-order valence-corrected chi connectivity index (χ2v) is 6.26. The summed E-state index contributed by atoms with van der Waals surface area (Å²) in [6.07, 6.45) is -1.43. The quantitative estimate of drug-likeness (QED) is 0.476. The van der Waals surface area contributed by atoms with Gasteiger partial charge in [-0.3, -0.25) is 9.97 Å². The van der Waals surface area contributed by atoms with Crippen molar-refractivity contribution in [3.05, 3.63) is 60.6 Å². The van der Waals surface area contributed by atoms with E-state index in [1.165, 1.54) is 24.3 Å². The first-order valence-corrected chi connectivity index (χ1v) is 8.53. The summed E-state index contributed by atoms with van der Waals surface area (Å²) < 4.78 is 46.5. The van der Waals surface area contributed by atoms with Crippen molar-refractivity contribution in [2.24, 2.45) is 0 Å². The molecule has 0 aliphatic heterocycles. The van der Waals surface area contributed by atoms with Gasteiger partial charge in [-0.25, -0.2) is 0 Å². The molecule has 0 bridgehead atoms. The van der Waals surface area contributed by atoms with Crippen LogP contribution in [0, 0.1) is 6.92 Å². The average molecular weight is 400 g/mol. The molecule has 9 heteroatoms. The molecule has 0 unspecified atom stereocenters. The van der Waals surface area contributed by atoms with Crippen LogP contribution in [-0.2, 0) is 0 Å². The topological polar surface area (TPSA) is 86.2 Å². The number of nitrogens with zero attached hydrogens (tertiary/aromatic N) is 2. The van der Waals surface area contributed by atoms with Crippen LogP contribution in [0.5, 0.6) is 5.75 Å². The molecule has 0 saturated carbocycles. The number of hydrogen-bond donors (Lipinski definition) is 2. The van der Waals surface area contributed by atoms with Crippen molar-refractivity contribution in [1.29, 1.82) is 0 Å². The molecular formula is C20H15F3N4O2. The Morgan fingerprint density at radius 1 is 1.03 bits per heavy atom. The van der Waals surface area contributed by atoms with Crippen molar-refractivity contribution in [2.75, 3.05) is 11.1 Å². The second kappa shape index (κ2) is 7.01. The third-order valence-corrected chi connectivity index (χ3v) is 4.16. The van der Waals surface area contributed by atoms with Gasteiger partial charge in [0.05, 0.1) is 5.39 Å². The van der Waals surface area contributed by atoms with Gasteiger partial charge in [0.1, 0.15) is 17.1 Å². The van der Waals surface area contributed by atoms with Crippen LogP contribution in [0.2, 0.25) is 0 Å². The minimum absolute atomic E-state index is 0.135. The van der Waals surface area contributed by atoms with Crippen LogP contribution in [0.1, 0.15) is 5.69 Å². The number of hydrogen-bond acceptors (Lipinski definition) is 6. The number of benzene rings is 1. The first-order valence-electron chi connectivity index (χ1n) is 8.53. The number of aryl methyl sites for hydroxylation is 1. The van der Waals surface area contributed by atoms with Crippen molar-refractivity contribution in [2.45, 2.75) is 13.3 Å². The fourth-order valence-electron chi connectivity index (χ4n) is 2.95. The van der Waals surface area contributed by atoms with Crippen LogP contribution >= 0.6 is 0 Å². The maximum atomic E-state index is 12.3. The van der Waals surface area contributed by atoms with Crippen LogP contribution in [0.25, 0.3) is 22.2 Å². The van der Waals surface area contributed by atoms with E-state index >= 15 is 0 Å². The number of alkyl halides is 3. The molecule has 6 nitrogen and oxygen atoms in total. The van der Waals surface area contributed by atoms with Gasteiger partial charge in [-0.15, -0.1) is 13.2 Å². The molecule has 1 aromatic carbocycles. The number of halogens is 3. The molecule has 0 radical (unpaired) electrons. The molecule has 0 spiro atoms. The lowest BCUT2D eigenvalue weighted by molar-refractivity contribution is -0.274. The lowest BCUT2D eigenvalue weighted by Gasteiger charge is -2.10. The minimum atomic E-state index is -4.74. The number of aromatic nitrogens is 2. The van der Waals surface area contributed by atoms with E-state index in [9.17, 15) is 13.2 Å². The van der Waals surface area contributed by atoms with Crippen LogP contribution in [0.3, 0.4) is 0 Å². The standard InChI is InChI=1S/C20H15F3N4O2/c1-11-10-12(6-8-25-11)16-18-15(7-9-26-16)17(19(24)28-18)27-13-2-4-14(5-3-13)29-20(21,22)23/h2-10,27H,24H2,1H3. The highest BCUT2D eigenvalue weighted by molar-refractivity contribution is 6.03. The van der Waals surface area contributed by atoms with Gasteiger partial charge in [-0.05, 0) is 49.4 Å². The molecule has 0 aliphatic rings. The Hall–Kier alpha value is -3.75. The average Bonchev–Trinajstić information content (AvgIpc) is 2.97. The van der Waals surface area contributed by atoms with E-state index in [4.69, 9.17) is 10.2 Å². The van der Waals surface area contributed by atoms with E-state index in [1.54, 1.807) is 18.5 Å². The van der Waals surface area contributed by atoms with Gasteiger partial charge in [0.25, 0.3) is 0 Å². The molecule has 0 atom stereocenters. The van der Waals surface area contributed by atoms with E-state index in [2.05, 4.69) is 20.0 Å². The fraction of sp³-hybridized carbons (Fsp3) is 0.100. The minimum Gasteiger partial charge on any atom is -0.436 e. The summed E-state index contributed by atoms with van der Waals surface area (Å²) in [5, 5.41) is 3.77. The van der Waals surface area contributed by atoms with Gasteiger partial charge in [-0.1, -0.05) is 0 Å². The Bertz CT molecular complexity index is 1170. The highest BCUT2D eigenvalue weighted by atomic mass is 19.4. The third kappa shape index (κ3) is 3.93. The number of nitrogen functional groups attached to an aromatic ring is 1. The van der Waals surface area contributed by atoms with E-state index in [1.807, 2.05) is 19.1 Å². The van der Waals surface area contributed by atoms with Gasteiger partial charge in [-0.2, -0.15) is 0 Å². The lowest BCUT2D eigenvalue weighted by Crippen LogP contribution is -2.16. The van der Waals surface area contributed by atoms with Crippen LogP contribution in [-0.4, -0.2) is 16.3 Å². The lowest BCUT2D eigenvalue weighted by atomic mass is 10.1. The first kappa shape index (κ1) is 18.6. The number of rotatable bonds is 4. The first-order chi connectivity index (χ1) is 13.8. The van der Waals surface area contributed by atoms with Crippen LogP contribution in [0.4, 0.5) is 30.4 Å². The van der Waals surface area contributed by atoms with E-state index in [0.717, 1.165) is 11.3 Å². The van der Waals surface area contributed by atoms with Gasteiger partial charge in [0.2, 0.25) is 5.88 Å². The summed E-state index contributed by atoms with van der Waals surface area (Å²) in [6, 6.07) is 10.8. The Morgan fingerprint density at radius 3 is 2.45 bits per heavy atom. The molecule has 0 aliphatic carbocycles. The number of pyridine rings is 2. The van der Waals surface area contributed by atoms with Gasteiger partial charge < -0.3 is 20.2 Å². The largest absolute Gasteiger partial charge is 0.573 e. The Balaban J connectivity index is 1.68. The summed E-state index contributed by atoms with van der Waals surface area (Å²) in [5.41, 5.74) is 9.84. The number of fused-ring (bicyclic) bond motifs is 1. The Kier molecular flexibility index (Phi) is 4.50. The Morgan fingerprint density at radius 2 is 1.76 bits per heavy atom. The summed E-state index contributed by atoms with van der Waals surface area (Å²) in [5.74, 6) is -0.178. The van der Waals surface area contributed by atoms with Crippen molar-refractivity contribution in [1.82, 2.24) is 9.97 Å². The maximum absolute atomic E-state index is 12.3. The van der Waals surface area contributed by atoms with Crippen molar-refractivity contribution in [3.8, 4) is 17.0 Å². The molecule has 4 rings (SSSR count). The second-order valence-electron chi connectivity index (χ2n) is 6.26. The predicted octanol–water partition coefficient (Wildman–Crippen LogP) is 5.42. The van der Waals surface area contributed by atoms with E-state index in [-0.39, 0.29) is 11.6 Å². The van der Waals surface area contributed by atoms with E-state index < -0.39 is 6.36 Å². The molecular weight excluding hydrogens is 385 g/mol. The molecule has 4 aromatic rings. The van der Waals surface area contributed by atoms with Crippen molar-refractivity contribution in [3.63, 3.8) is 0 Å². The molecule has 148 valence electrons. The zero-order chi connectivity index (χ0) is 20.6. The molecule has 0 amide bonds. The summed E-state index contributed by atoms with van der Waals surface area (Å²) >= 11 is 0. The smallest absolute Gasteiger partial charge is 0.436 e. The molecule has 3 aromatic heterocycles. The predicted molar refractivity (Wildman–Crippen MR) is 103 cm³/mol. The third-order valence-electron chi connectivity index (χ3n) is 4.16. The molecule has 3 N–H and O–H groups in total. The zero-order valence-electron chi connectivity index (χ0n) is 15.1. The molecule has 29 heavy (non-hydrogen) atoms. The van der Waals surface area contributed by atoms with E-state index in [0.29, 0.717) is 28.0 Å². The highest BCUT2D eigenvalue weighted by Gasteiger charge is 2.31. The molecule has 0 fully saturated rings. The number of anilines is 3. The van der Waals surface area contributed by atoms with Crippen LogP contribution < -0.4 is 15.8 Å². The summed E-state index contributed by atoms with van der Waals surface area (Å²) in [6.45, 7) is 1.87. The van der Waals surface area contributed by atoms with Crippen LogP contribution in [0.15, 0.2) is 59.3 Å². The highest BCUT2D eigenvalue weighted by Crippen LogP contribution is 2.39. The monoisotopic (exact) mass is 400 g/mol. The maximum Gasteiger partial charge on any atom is 0.573 e. The number of nitrogens with two attached hydrogens (primary N) is 1. The fourth-order valence-corrected chi connectivity index (χ4v) is 2.95. The van der Waals surface area contributed by atoms with Crippen molar-refractivity contribution < 1.29 is 22.3 Å². The molecule has 3 heterocycles. The zero-order valence-corrected chi connectivity index (χ0v) is 15.1. The van der Waals surface area contributed by atoms with Gasteiger partial charge >= 0.3 is 6.36 Å². The number of nitrogens with one attached hydrogen (secondary N) is 1. The summed E-state index contributed by atoms with van der Waals surface area (Å²) in [4.78, 5) is 8.57. The number of ether oxygens (including phenoxy) is 1. The normalized spacial score (nSPS) is 11.6. The van der Waals surface area contributed by atoms with Crippen molar-refractivity contribution >= 4 is 28.2 Å². The molecule has 0 saturated heterocycles. The SMILES string of the molecule is Cc1cc(-c2nccc3c(Nc4ccc(OC(F)(F)F)cc4)c(N)oc23)ccn1. The van der Waals surface area contributed by atoms with Gasteiger partial charge in [0.15, 0.2) is 5.58 Å². The Labute approximate surface area is 163 Å². The van der Waals surface area contributed by atoms with Gasteiger partial charge in [0, 0.05) is 29.3 Å². The number of furan rings is 1. The summed E-state index contributed by atoms with van der Waals surface area (Å²) in [7, 11) is 0.